The number of carboxylic acid groups (broad SMARTS) is 1. The summed E-state index contributed by atoms with van der Waals surface area (Å²) in [4.78, 5) is 62.9. The number of rotatable bonds is 9. The Morgan fingerprint density at radius 1 is 1.05 bits per heavy atom. The van der Waals surface area contributed by atoms with Gasteiger partial charge in [-0.3, -0.25) is 9.59 Å². The highest BCUT2D eigenvalue weighted by atomic mass is 16.6. The topological polar surface area (TPSA) is 184 Å². The number of aliphatic carboxylic acids is 1. The van der Waals surface area contributed by atoms with Gasteiger partial charge in [0.05, 0.1) is 18.1 Å². The average molecular weight is 620 g/mol. The number of benzene rings is 1. The lowest BCUT2D eigenvalue weighted by molar-refractivity contribution is -0.192. The number of methoxy groups -OCH3 is 1. The summed E-state index contributed by atoms with van der Waals surface area (Å²) in [6, 6.07) is 3.34. The maximum Gasteiger partial charge on any atom is 0.352 e. The van der Waals surface area contributed by atoms with Crippen molar-refractivity contribution in [2.24, 2.45) is 0 Å². The Morgan fingerprint density at radius 3 is 2.27 bits per heavy atom. The summed E-state index contributed by atoms with van der Waals surface area (Å²) >= 11 is 0. The van der Waals surface area contributed by atoms with E-state index in [0.717, 1.165) is 25.0 Å². The Hall–Kier alpha value is -4.17. The zero-order valence-electron chi connectivity index (χ0n) is 25.6. The third-order valence-corrected chi connectivity index (χ3v) is 8.72. The van der Waals surface area contributed by atoms with Crippen LogP contribution in [0.3, 0.4) is 0 Å². The van der Waals surface area contributed by atoms with E-state index < -0.39 is 65.3 Å². The lowest BCUT2D eigenvalue weighted by atomic mass is 9.54. The molecule has 2 aliphatic heterocycles. The minimum atomic E-state index is -2.22. The van der Waals surface area contributed by atoms with Crippen LogP contribution >= 0.6 is 0 Å². The van der Waals surface area contributed by atoms with Crippen molar-refractivity contribution in [3.05, 3.63) is 35.1 Å². The Morgan fingerprint density at radius 2 is 1.68 bits per heavy atom. The van der Waals surface area contributed by atoms with Gasteiger partial charge in [0.2, 0.25) is 12.2 Å². The van der Waals surface area contributed by atoms with Crippen molar-refractivity contribution in [3.63, 3.8) is 0 Å². The summed E-state index contributed by atoms with van der Waals surface area (Å²) in [5, 5.41) is 21.8. The second-order valence-corrected chi connectivity index (χ2v) is 11.3. The Bertz CT molecular complexity index is 1410. The molecule has 14 nitrogen and oxygen atoms in total. The molecule has 14 heteroatoms. The number of aryl methyl sites for hydroxylation is 1. The molecule has 1 aromatic rings. The van der Waals surface area contributed by atoms with Crippen molar-refractivity contribution in [3.8, 4) is 11.5 Å². The van der Waals surface area contributed by atoms with Crippen LogP contribution in [0.15, 0.2) is 24.0 Å². The highest BCUT2D eigenvalue weighted by Crippen LogP contribution is 2.62. The van der Waals surface area contributed by atoms with Crippen LogP contribution in [0, 0.1) is 6.92 Å². The van der Waals surface area contributed by atoms with Gasteiger partial charge in [-0.2, -0.15) is 0 Å². The highest BCUT2D eigenvalue weighted by molar-refractivity contribution is 5.89. The molecule has 2 N–H and O–H groups in total. The van der Waals surface area contributed by atoms with E-state index in [1.165, 1.54) is 14.0 Å². The van der Waals surface area contributed by atoms with Crippen LogP contribution in [0.2, 0.25) is 0 Å². The third-order valence-electron chi connectivity index (χ3n) is 8.72. The van der Waals surface area contributed by atoms with Gasteiger partial charge in [-0.15, -0.1) is 0 Å². The fourth-order valence-corrected chi connectivity index (χ4v) is 6.48. The van der Waals surface area contributed by atoms with Crippen LogP contribution in [0.5, 0.6) is 11.5 Å². The molecular formula is C30H37NO13. The molecule has 1 saturated heterocycles. The largest absolute Gasteiger partial charge is 0.493 e. The predicted molar refractivity (Wildman–Crippen MR) is 149 cm³/mol. The number of carbonyl (C=O) groups is 5. The minimum Gasteiger partial charge on any atom is -0.493 e. The number of esters is 4. The molecule has 3 aliphatic rings. The molecule has 0 saturated carbocycles. The smallest absolute Gasteiger partial charge is 0.352 e. The molecular weight excluding hydrogens is 582 g/mol. The van der Waals surface area contributed by atoms with E-state index in [0.29, 0.717) is 24.5 Å². The Balaban J connectivity index is 1.63. The van der Waals surface area contributed by atoms with E-state index in [-0.39, 0.29) is 18.2 Å². The van der Waals surface area contributed by atoms with Crippen molar-refractivity contribution in [1.82, 2.24) is 4.90 Å². The first kappa shape index (κ1) is 32.7. The molecule has 4 rings (SSSR count). The first-order valence-electron chi connectivity index (χ1n) is 14.1. The van der Waals surface area contributed by atoms with Gasteiger partial charge in [0, 0.05) is 31.9 Å². The molecule has 0 amide bonds. The molecule has 1 aliphatic carbocycles. The molecule has 0 aromatic heterocycles. The van der Waals surface area contributed by atoms with Crippen molar-refractivity contribution in [2.75, 3.05) is 20.7 Å². The standard InChI is InChI=1S/C30H37NO13/c1-14-8-9-19(39-7)22-21(14)29-12-13-31(6)16(3)30(29,38)11-10-20(25(29)44-22)43-27(36)15(2)40-28(37)24(42-18(5)33)23(26(34)35)41-17(4)32/h8-10,15-16,23-25,38H,11-13H2,1-7H3,(H,34,35)/t15-,16+,23+,24+,25-,29-,30+/m0/s1. The van der Waals surface area contributed by atoms with Gasteiger partial charge in [-0.1, -0.05) is 6.07 Å². The van der Waals surface area contributed by atoms with Gasteiger partial charge in [0.25, 0.3) is 0 Å². The molecule has 0 unspecified atom stereocenters. The van der Waals surface area contributed by atoms with Crippen LogP contribution in [-0.2, 0) is 48.3 Å². The van der Waals surface area contributed by atoms with E-state index in [1.807, 2.05) is 27.0 Å². The van der Waals surface area contributed by atoms with Gasteiger partial charge in [0.15, 0.2) is 23.7 Å². The quantitative estimate of drug-likeness (QED) is 0.296. The average Bonchev–Trinajstić information content (AvgIpc) is 3.31. The molecule has 1 aromatic carbocycles. The maximum atomic E-state index is 13.3. The molecule has 1 fully saturated rings. The van der Waals surface area contributed by atoms with Gasteiger partial charge in [-0.05, 0) is 58.5 Å². The van der Waals surface area contributed by atoms with Crippen LogP contribution in [-0.4, -0.2) is 102 Å². The van der Waals surface area contributed by atoms with Crippen LogP contribution in [0.1, 0.15) is 51.7 Å². The minimum absolute atomic E-state index is 0.0943. The number of piperidine rings is 1. The predicted octanol–water partition coefficient (Wildman–Crippen LogP) is 1.17. The lowest BCUT2D eigenvalue weighted by Gasteiger charge is -2.58. The normalized spacial score (nSPS) is 27.5. The van der Waals surface area contributed by atoms with Gasteiger partial charge < -0.3 is 43.5 Å². The number of carbonyl (C=O) groups excluding carboxylic acids is 4. The second-order valence-electron chi connectivity index (χ2n) is 11.3. The summed E-state index contributed by atoms with van der Waals surface area (Å²) in [6.07, 6.45) is -4.83. The van der Waals surface area contributed by atoms with Crippen molar-refractivity contribution >= 4 is 29.8 Å². The van der Waals surface area contributed by atoms with Crippen LogP contribution in [0.25, 0.3) is 0 Å². The van der Waals surface area contributed by atoms with E-state index in [1.54, 1.807) is 12.1 Å². The third kappa shape index (κ3) is 5.36. The van der Waals surface area contributed by atoms with E-state index >= 15 is 0 Å². The molecule has 1 spiro atoms. The number of nitrogens with zero attached hydrogens (tertiary/aromatic N) is 1. The zero-order valence-corrected chi connectivity index (χ0v) is 25.6. The fourth-order valence-electron chi connectivity index (χ4n) is 6.48. The maximum absolute atomic E-state index is 13.3. The van der Waals surface area contributed by atoms with Crippen molar-refractivity contribution in [1.29, 1.82) is 0 Å². The van der Waals surface area contributed by atoms with Crippen LogP contribution in [0.4, 0.5) is 0 Å². The summed E-state index contributed by atoms with van der Waals surface area (Å²) in [5.74, 6) is -5.40. The van der Waals surface area contributed by atoms with Crippen molar-refractivity contribution in [2.45, 2.75) is 88.9 Å². The number of likely N-dealkylation sites (N-methyl/N-ethyl adjacent to an activating group) is 1. The molecule has 7 atom stereocenters. The number of carboxylic acids is 1. The van der Waals surface area contributed by atoms with Gasteiger partial charge in [0.1, 0.15) is 5.76 Å². The van der Waals surface area contributed by atoms with E-state index in [2.05, 4.69) is 9.64 Å². The van der Waals surface area contributed by atoms with E-state index in [9.17, 15) is 34.2 Å². The van der Waals surface area contributed by atoms with Crippen LogP contribution < -0.4 is 9.47 Å². The molecule has 0 radical (unpaired) electrons. The summed E-state index contributed by atoms with van der Waals surface area (Å²) in [6.45, 7) is 7.45. The SMILES string of the molecule is COc1ccc(C)c2c1O[C@H]1C(OC(=O)[C@H](C)OC(=O)[C@H](OC(C)=O)[C@@H](OC(C)=O)C(=O)O)=CC[C@@]3(O)[C@@H](C)N(C)CC[C@]213. The number of aliphatic hydroxyl groups is 1. The number of fused-ring (bicyclic) bond motifs is 1. The summed E-state index contributed by atoms with van der Waals surface area (Å²) < 4.78 is 32.3. The number of hydrogen-bond donors (Lipinski definition) is 2. The zero-order chi connectivity index (χ0) is 32.7. The fraction of sp³-hybridized carbons (Fsp3) is 0.567. The van der Waals surface area contributed by atoms with Gasteiger partial charge >= 0.3 is 29.8 Å². The lowest BCUT2D eigenvalue weighted by Crippen LogP contribution is -2.71. The Kier molecular flexibility index (Phi) is 8.99. The van der Waals surface area contributed by atoms with E-state index in [4.69, 9.17) is 23.7 Å². The van der Waals surface area contributed by atoms with Gasteiger partial charge in [-0.25, -0.2) is 14.4 Å². The molecule has 2 heterocycles. The first-order valence-corrected chi connectivity index (χ1v) is 14.1. The molecule has 44 heavy (non-hydrogen) atoms. The molecule has 0 bridgehead atoms. The number of hydrogen-bond acceptors (Lipinski definition) is 13. The number of likely N-dealkylation sites (tertiary alicyclic amines) is 1. The second kappa shape index (κ2) is 12.1. The number of ether oxygens (including phenoxy) is 6. The molecule has 240 valence electrons. The monoisotopic (exact) mass is 619 g/mol. The summed E-state index contributed by atoms with van der Waals surface area (Å²) in [5.41, 5.74) is -0.706. The first-order chi connectivity index (χ1) is 20.6. The highest BCUT2D eigenvalue weighted by Gasteiger charge is 2.69. The van der Waals surface area contributed by atoms with Crippen molar-refractivity contribution < 1.29 is 62.6 Å². The summed E-state index contributed by atoms with van der Waals surface area (Å²) in [7, 11) is 3.43. The Labute approximate surface area is 253 Å².